The minimum absolute atomic E-state index is 0.0104. The highest BCUT2D eigenvalue weighted by molar-refractivity contribution is 8.00. The number of para-hydroxylation sites is 1. The highest BCUT2D eigenvalue weighted by atomic mass is 32.2. The lowest BCUT2D eigenvalue weighted by atomic mass is 10.1. The van der Waals surface area contributed by atoms with Gasteiger partial charge in [0, 0.05) is 23.4 Å². The van der Waals surface area contributed by atoms with E-state index in [-0.39, 0.29) is 17.2 Å². The van der Waals surface area contributed by atoms with E-state index in [9.17, 15) is 9.59 Å². The van der Waals surface area contributed by atoms with Gasteiger partial charge in [-0.25, -0.2) is 0 Å². The molecule has 6 heteroatoms. The third-order valence-corrected chi connectivity index (χ3v) is 5.75. The van der Waals surface area contributed by atoms with E-state index < -0.39 is 0 Å². The summed E-state index contributed by atoms with van der Waals surface area (Å²) in [4.78, 5) is 26.7. The summed E-state index contributed by atoms with van der Waals surface area (Å²) in [5, 5.41) is 2.85. The Balaban J connectivity index is 1.85. The fourth-order valence-corrected chi connectivity index (χ4v) is 4.39. The molecule has 148 valence electrons. The van der Waals surface area contributed by atoms with E-state index in [0.717, 1.165) is 35.5 Å². The highest BCUT2D eigenvalue weighted by Gasteiger charge is 2.35. The molecule has 0 radical (unpaired) electrons. The number of nitrogens with zero attached hydrogens (tertiary/aromatic N) is 1. The number of hydrogen-bond donors (Lipinski definition) is 1. The zero-order chi connectivity index (χ0) is 19.9. The van der Waals surface area contributed by atoms with Gasteiger partial charge < -0.3 is 10.1 Å². The van der Waals surface area contributed by atoms with Crippen molar-refractivity contribution in [2.24, 2.45) is 0 Å². The third-order valence-electron chi connectivity index (χ3n) is 4.55. The Bertz CT molecular complexity index is 823. The zero-order valence-corrected chi connectivity index (χ0v) is 17.1. The van der Waals surface area contributed by atoms with Crippen LogP contribution in [0.2, 0.25) is 0 Å². The number of unbranched alkanes of at least 4 members (excludes halogenated alkanes) is 1. The summed E-state index contributed by atoms with van der Waals surface area (Å²) in [5.74, 6) is 1.27. The van der Waals surface area contributed by atoms with E-state index in [4.69, 9.17) is 4.74 Å². The lowest BCUT2D eigenvalue weighted by Crippen LogP contribution is -2.28. The molecule has 3 rings (SSSR count). The van der Waals surface area contributed by atoms with Crippen LogP contribution in [0.5, 0.6) is 5.75 Å². The molecule has 5 nitrogen and oxygen atoms in total. The van der Waals surface area contributed by atoms with Crippen molar-refractivity contribution in [1.29, 1.82) is 0 Å². The maximum atomic E-state index is 12.6. The van der Waals surface area contributed by atoms with Crippen molar-refractivity contribution in [2.75, 3.05) is 22.6 Å². The molecule has 1 aliphatic heterocycles. The number of carbonyl (C=O) groups is 2. The first-order valence-corrected chi connectivity index (χ1v) is 10.7. The molecule has 0 bridgehead atoms. The summed E-state index contributed by atoms with van der Waals surface area (Å²) in [7, 11) is 0. The van der Waals surface area contributed by atoms with Gasteiger partial charge in [-0.3, -0.25) is 14.5 Å². The van der Waals surface area contributed by atoms with Gasteiger partial charge >= 0.3 is 0 Å². The molecule has 2 aromatic rings. The van der Waals surface area contributed by atoms with Gasteiger partial charge in [0.15, 0.2) is 0 Å². The lowest BCUT2D eigenvalue weighted by Gasteiger charge is -2.26. The van der Waals surface area contributed by atoms with E-state index in [1.807, 2.05) is 55.5 Å². The number of amides is 2. The Morgan fingerprint density at radius 3 is 2.64 bits per heavy atom. The minimum Gasteiger partial charge on any atom is -0.494 e. The third kappa shape index (κ3) is 4.68. The monoisotopic (exact) mass is 398 g/mol. The van der Waals surface area contributed by atoms with Crippen LogP contribution in [0.4, 0.5) is 11.4 Å². The van der Waals surface area contributed by atoms with Gasteiger partial charge in [0.1, 0.15) is 11.1 Å². The molecule has 1 unspecified atom stereocenters. The van der Waals surface area contributed by atoms with Gasteiger partial charge in [-0.2, -0.15) is 0 Å². The molecular formula is C22H26N2O3S. The summed E-state index contributed by atoms with van der Waals surface area (Å²) in [6.07, 6.45) is 2.35. The summed E-state index contributed by atoms with van der Waals surface area (Å²) >= 11 is 1.57. The van der Waals surface area contributed by atoms with Crippen LogP contribution in [0.15, 0.2) is 48.5 Å². The fraction of sp³-hybridized carbons (Fsp3) is 0.364. The van der Waals surface area contributed by atoms with Gasteiger partial charge in [-0.1, -0.05) is 31.5 Å². The van der Waals surface area contributed by atoms with Crippen molar-refractivity contribution in [3.8, 4) is 5.75 Å². The Labute approximate surface area is 170 Å². The smallest absolute Gasteiger partial charge is 0.238 e. The molecule has 1 heterocycles. The maximum absolute atomic E-state index is 12.6. The molecule has 2 aromatic carbocycles. The molecule has 1 N–H and O–H groups in total. The van der Waals surface area contributed by atoms with Crippen molar-refractivity contribution >= 4 is 35.0 Å². The highest BCUT2D eigenvalue weighted by Crippen LogP contribution is 2.44. The Morgan fingerprint density at radius 1 is 1.18 bits per heavy atom. The number of nitrogens with one attached hydrogen (secondary N) is 1. The maximum Gasteiger partial charge on any atom is 0.238 e. The predicted molar refractivity (Wildman–Crippen MR) is 115 cm³/mol. The van der Waals surface area contributed by atoms with Gasteiger partial charge in [0.2, 0.25) is 11.8 Å². The van der Waals surface area contributed by atoms with Crippen LogP contribution in [0.1, 0.15) is 44.0 Å². The average molecular weight is 399 g/mol. The fourth-order valence-electron chi connectivity index (χ4n) is 3.18. The van der Waals surface area contributed by atoms with Crippen LogP contribution in [0.3, 0.4) is 0 Å². The molecule has 28 heavy (non-hydrogen) atoms. The predicted octanol–water partition coefficient (Wildman–Crippen LogP) is 4.99. The van der Waals surface area contributed by atoms with Crippen molar-refractivity contribution in [3.63, 3.8) is 0 Å². The largest absolute Gasteiger partial charge is 0.494 e. The van der Waals surface area contributed by atoms with E-state index in [1.165, 1.54) is 0 Å². The molecule has 1 aliphatic rings. The van der Waals surface area contributed by atoms with Crippen molar-refractivity contribution in [2.45, 2.75) is 38.5 Å². The summed E-state index contributed by atoms with van der Waals surface area (Å²) in [6.45, 7) is 4.61. The van der Waals surface area contributed by atoms with Gasteiger partial charge in [-0.15, -0.1) is 11.8 Å². The van der Waals surface area contributed by atoms with Crippen molar-refractivity contribution in [1.82, 2.24) is 0 Å². The van der Waals surface area contributed by atoms with E-state index in [1.54, 1.807) is 16.7 Å². The standard InChI is InChI=1S/C22H26N2O3S/c1-3-5-10-20(25)23-19-9-7-6-8-18(19)22-24(21(26)15-28-22)16-11-13-17(14-12-16)27-4-2/h6-9,11-14,22H,3-5,10,15H2,1-2H3,(H,23,25). The van der Waals surface area contributed by atoms with Gasteiger partial charge in [-0.05, 0) is 43.7 Å². The molecule has 1 atom stereocenters. The van der Waals surface area contributed by atoms with Crippen LogP contribution < -0.4 is 15.0 Å². The van der Waals surface area contributed by atoms with Crippen LogP contribution in [0.25, 0.3) is 0 Å². The Morgan fingerprint density at radius 2 is 1.93 bits per heavy atom. The Kier molecular flexibility index (Phi) is 6.98. The quantitative estimate of drug-likeness (QED) is 0.680. The summed E-state index contributed by atoms with van der Waals surface area (Å²) < 4.78 is 5.50. The second kappa shape index (κ2) is 9.64. The molecule has 0 aliphatic carbocycles. The summed E-state index contributed by atoms with van der Waals surface area (Å²) in [6, 6.07) is 15.3. The Hall–Kier alpha value is -2.47. The number of anilines is 2. The first-order valence-electron chi connectivity index (χ1n) is 9.69. The first-order chi connectivity index (χ1) is 13.6. The normalized spacial score (nSPS) is 16.3. The van der Waals surface area contributed by atoms with Crippen molar-refractivity contribution < 1.29 is 14.3 Å². The first kappa shape index (κ1) is 20.3. The number of ether oxygens (including phenoxy) is 1. The summed E-state index contributed by atoms with van der Waals surface area (Å²) in [5.41, 5.74) is 2.54. The molecule has 0 spiro atoms. The van der Waals surface area contributed by atoms with Gasteiger partial charge in [0.05, 0.1) is 12.4 Å². The number of carbonyl (C=O) groups excluding carboxylic acids is 2. The van der Waals surface area contributed by atoms with E-state index >= 15 is 0 Å². The zero-order valence-electron chi connectivity index (χ0n) is 16.3. The average Bonchev–Trinajstić information content (AvgIpc) is 3.09. The molecule has 1 fully saturated rings. The molecule has 2 amide bonds. The van der Waals surface area contributed by atoms with Crippen LogP contribution >= 0.6 is 11.8 Å². The molecule has 0 aromatic heterocycles. The second-order valence-electron chi connectivity index (χ2n) is 6.59. The van der Waals surface area contributed by atoms with Crippen LogP contribution in [-0.2, 0) is 9.59 Å². The SMILES string of the molecule is CCCCC(=O)Nc1ccccc1C1SCC(=O)N1c1ccc(OCC)cc1. The lowest BCUT2D eigenvalue weighted by molar-refractivity contribution is -0.116. The number of hydrogen-bond acceptors (Lipinski definition) is 4. The number of rotatable bonds is 8. The van der Waals surface area contributed by atoms with E-state index in [0.29, 0.717) is 18.8 Å². The second-order valence-corrected chi connectivity index (χ2v) is 7.66. The molecule has 0 saturated carbocycles. The van der Waals surface area contributed by atoms with Crippen molar-refractivity contribution in [3.05, 3.63) is 54.1 Å². The molecular weight excluding hydrogens is 372 g/mol. The minimum atomic E-state index is -0.173. The molecule has 1 saturated heterocycles. The van der Waals surface area contributed by atoms with Gasteiger partial charge in [0.25, 0.3) is 0 Å². The van der Waals surface area contributed by atoms with Crippen LogP contribution in [0, 0.1) is 0 Å². The number of thioether (sulfide) groups is 1. The van der Waals surface area contributed by atoms with E-state index in [2.05, 4.69) is 12.2 Å². The number of benzene rings is 2. The topological polar surface area (TPSA) is 58.6 Å². The van der Waals surface area contributed by atoms with Crippen LogP contribution in [-0.4, -0.2) is 24.2 Å².